The second-order valence-electron chi connectivity index (χ2n) is 5.37. The third-order valence-corrected chi connectivity index (χ3v) is 5.06. The van der Waals surface area contributed by atoms with E-state index in [-0.39, 0.29) is 11.9 Å². The molecule has 0 saturated carbocycles. The smallest absolute Gasteiger partial charge is 0.337 e. The van der Waals surface area contributed by atoms with Crippen molar-refractivity contribution in [3.8, 4) is 0 Å². The van der Waals surface area contributed by atoms with Crippen molar-refractivity contribution >= 4 is 46.3 Å². The first kappa shape index (κ1) is 17.4. The predicted molar refractivity (Wildman–Crippen MR) is 103 cm³/mol. The number of thioether (sulfide) groups is 1. The first-order valence-electron chi connectivity index (χ1n) is 7.56. The third kappa shape index (κ3) is 3.97. The third-order valence-electron chi connectivity index (χ3n) is 3.69. The summed E-state index contributed by atoms with van der Waals surface area (Å²) in [6, 6.07) is 16.6. The molecular formula is C19H15NO3S2. The number of nitrogens with zero attached hydrogens (tertiary/aromatic N) is 1. The first-order valence-corrected chi connectivity index (χ1v) is 8.78. The molecule has 25 heavy (non-hydrogen) atoms. The Morgan fingerprint density at radius 3 is 2.48 bits per heavy atom. The number of carbonyl (C=O) groups is 2. The molecule has 1 saturated heterocycles. The average Bonchev–Trinajstić information content (AvgIpc) is 2.90. The quantitative estimate of drug-likeness (QED) is 0.465. The molecule has 126 valence electrons. The van der Waals surface area contributed by atoms with Gasteiger partial charge in [-0.3, -0.25) is 9.69 Å². The van der Waals surface area contributed by atoms with Crippen molar-refractivity contribution in [2.75, 3.05) is 7.11 Å². The summed E-state index contributed by atoms with van der Waals surface area (Å²) in [6.45, 7) is 0.462. The normalized spacial score (nSPS) is 15.7. The topological polar surface area (TPSA) is 46.6 Å². The van der Waals surface area contributed by atoms with Crippen LogP contribution in [0.15, 0.2) is 59.5 Å². The van der Waals surface area contributed by atoms with E-state index in [1.54, 1.807) is 35.2 Å². The highest BCUT2D eigenvalue weighted by Gasteiger charge is 2.31. The number of ether oxygens (including phenoxy) is 1. The number of hydrogen-bond acceptors (Lipinski definition) is 5. The van der Waals surface area contributed by atoms with Gasteiger partial charge in [0.15, 0.2) is 0 Å². The van der Waals surface area contributed by atoms with Crippen molar-refractivity contribution in [2.45, 2.75) is 6.54 Å². The van der Waals surface area contributed by atoms with E-state index in [9.17, 15) is 9.59 Å². The number of methoxy groups -OCH3 is 1. The highest BCUT2D eigenvalue weighted by Crippen LogP contribution is 2.33. The minimum atomic E-state index is -0.388. The maximum Gasteiger partial charge on any atom is 0.337 e. The number of benzene rings is 2. The highest BCUT2D eigenvalue weighted by molar-refractivity contribution is 8.26. The second kappa shape index (κ2) is 7.63. The van der Waals surface area contributed by atoms with E-state index in [1.807, 2.05) is 30.3 Å². The van der Waals surface area contributed by atoms with E-state index in [0.29, 0.717) is 21.3 Å². The number of rotatable bonds is 4. The van der Waals surface area contributed by atoms with Gasteiger partial charge in [0, 0.05) is 0 Å². The molecule has 0 N–H and O–H groups in total. The van der Waals surface area contributed by atoms with Crippen LogP contribution in [0.1, 0.15) is 21.5 Å². The Kier molecular flexibility index (Phi) is 5.31. The summed E-state index contributed by atoms with van der Waals surface area (Å²) in [5.74, 6) is -0.489. The fourth-order valence-corrected chi connectivity index (χ4v) is 3.64. The zero-order valence-electron chi connectivity index (χ0n) is 13.5. The van der Waals surface area contributed by atoms with Gasteiger partial charge in [-0.25, -0.2) is 4.79 Å². The molecule has 0 aromatic heterocycles. The van der Waals surface area contributed by atoms with Crippen molar-refractivity contribution < 1.29 is 14.3 Å². The Balaban J connectivity index is 1.77. The Hall–Kier alpha value is -2.44. The molecule has 0 radical (unpaired) electrons. The van der Waals surface area contributed by atoms with Crippen LogP contribution in [-0.2, 0) is 16.1 Å². The summed E-state index contributed by atoms with van der Waals surface area (Å²) in [5.41, 5.74) is 2.33. The SMILES string of the molecule is COC(=O)c1ccc(/C=C2\SC(=S)N(Cc3ccccc3)C2=O)cc1. The lowest BCUT2D eigenvalue weighted by Gasteiger charge is -2.14. The standard InChI is InChI=1S/C19H15NO3S2/c1-23-18(22)15-9-7-13(8-10-15)11-16-17(21)20(19(24)25-16)12-14-5-3-2-4-6-14/h2-11H,12H2,1H3/b16-11-. The summed E-state index contributed by atoms with van der Waals surface area (Å²) in [5, 5.41) is 0. The molecule has 0 atom stereocenters. The van der Waals surface area contributed by atoms with Gasteiger partial charge in [0.2, 0.25) is 0 Å². The van der Waals surface area contributed by atoms with Gasteiger partial charge in [0.1, 0.15) is 4.32 Å². The maximum absolute atomic E-state index is 12.6. The summed E-state index contributed by atoms with van der Waals surface area (Å²) < 4.78 is 5.22. The average molecular weight is 369 g/mol. The van der Waals surface area contributed by atoms with E-state index in [1.165, 1.54) is 18.9 Å². The van der Waals surface area contributed by atoms with E-state index >= 15 is 0 Å². The number of thiocarbonyl (C=S) groups is 1. The van der Waals surface area contributed by atoms with E-state index in [0.717, 1.165) is 11.1 Å². The molecule has 1 amide bonds. The van der Waals surface area contributed by atoms with Gasteiger partial charge < -0.3 is 4.74 Å². The van der Waals surface area contributed by atoms with Crippen LogP contribution in [0.2, 0.25) is 0 Å². The zero-order chi connectivity index (χ0) is 17.8. The molecule has 1 aliphatic heterocycles. The molecule has 2 aromatic carbocycles. The lowest BCUT2D eigenvalue weighted by Crippen LogP contribution is -2.27. The molecule has 2 aromatic rings. The minimum Gasteiger partial charge on any atom is -0.465 e. The number of carbonyl (C=O) groups excluding carboxylic acids is 2. The molecule has 1 aliphatic rings. The van der Waals surface area contributed by atoms with Crippen LogP contribution in [0.5, 0.6) is 0 Å². The van der Waals surface area contributed by atoms with Gasteiger partial charge in [-0.15, -0.1) is 0 Å². The molecule has 0 spiro atoms. The monoisotopic (exact) mass is 369 g/mol. The summed E-state index contributed by atoms with van der Waals surface area (Å²) in [4.78, 5) is 26.3. The first-order chi connectivity index (χ1) is 12.1. The van der Waals surface area contributed by atoms with Crippen molar-refractivity contribution in [1.29, 1.82) is 0 Å². The predicted octanol–water partition coefficient (Wildman–Crippen LogP) is 3.87. The molecular weight excluding hydrogens is 354 g/mol. The summed E-state index contributed by atoms with van der Waals surface area (Å²) in [7, 11) is 1.34. The zero-order valence-corrected chi connectivity index (χ0v) is 15.1. The van der Waals surface area contributed by atoms with Crippen LogP contribution in [0.3, 0.4) is 0 Å². The van der Waals surface area contributed by atoms with Crippen molar-refractivity contribution in [2.24, 2.45) is 0 Å². The number of hydrogen-bond donors (Lipinski definition) is 0. The van der Waals surface area contributed by atoms with Crippen LogP contribution >= 0.6 is 24.0 Å². The van der Waals surface area contributed by atoms with E-state index in [4.69, 9.17) is 12.2 Å². The van der Waals surface area contributed by atoms with Gasteiger partial charge >= 0.3 is 5.97 Å². The lowest BCUT2D eigenvalue weighted by molar-refractivity contribution is -0.122. The fraction of sp³-hybridized carbons (Fsp3) is 0.105. The second-order valence-corrected chi connectivity index (χ2v) is 7.04. The van der Waals surface area contributed by atoms with Gasteiger partial charge in [-0.1, -0.05) is 66.4 Å². The largest absolute Gasteiger partial charge is 0.465 e. The van der Waals surface area contributed by atoms with Gasteiger partial charge in [0.05, 0.1) is 24.1 Å². The molecule has 4 nitrogen and oxygen atoms in total. The number of amides is 1. The van der Waals surface area contributed by atoms with Gasteiger partial charge in [0.25, 0.3) is 5.91 Å². The molecule has 3 rings (SSSR count). The Morgan fingerprint density at radius 1 is 1.16 bits per heavy atom. The fourth-order valence-electron chi connectivity index (χ4n) is 2.39. The molecule has 0 unspecified atom stereocenters. The van der Waals surface area contributed by atoms with Gasteiger partial charge in [-0.2, -0.15) is 0 Å². The summed E-state index contributed by atoms with van der Waals surface area (Å²) in [6.07, 6.45) is 1.78. The van der Waals surface area contributed by atoms with Crippen LogP contribution in [-0.4, -0.2) is 28.2 Å². The molecule has 1 fully saturated rings. The van der Waals surface area contributed by atoms with E-state index in [2.05, 4.69) is 4.74 Å². The molecule has 6 heteroatoms. The van der Waals surface area contributed by atoms with Crippen LogP contribution in [0.4, 0.5) is 0 Å². The van der Waals surface area contributed by atoms with Crippen molar-refractivity contribution in [3.63, 3.8) is 0 Å². The maximum atomic E-state index is 12.6. The highest BCUT2D eigenvalue weighted by atomic mass is 32.2. The summed E-state index contributed by atoms with van der Waals surface area (Å²) >= 11 is 6.63. The lowest BCUT2D eigenvalue weighted by atomic mass is 10.1. The number of esters is 1. The Morgan fingerprint density at radius 2 is 1.84 bits per heavy atom. The van der Waals surface area contributed by atoms with Crippen molar-refractivity contribution in [1.82, 2.24) is 4.90 Å². The molecule has 1 heterocycles. The van der Waals surface area contributed by atoms with Crippen LogP contribution < -0.4 is 0 Å². The molecule has 0 aliphatic carbocycles. The van der Waals surface area contributed by atoms with Crippen molar-refractivity contribution in [3.05, 3.63) is 76.2 Å². The Labute approximate surface area is 155 Å². The minimum absolute atomic E-state index is 0.101. The van der Waals surface area contributed by atoms with Gasteiger partial charge in [-0.05, 0) is 29.3 Å². The molecule has 0 bridgehead atoms. The Bertz CT molecular complexity index is 845. The van der Waals surface area contributed by atoms with E-state index < -0.39 is 0 Å². The van der Waals surface area contributed by atoms with Crippen LogP contribution in [0.25, 0.3) is 6.08 Å². The van der Waals surface area contributed by atoms with Crippen LogP contribution in [0, 0.1) is 0 Å².